The number of carbonyl (C=O) groups is 1. The summed E-state index contributed by atoms with van der Waals surface area (Å²) >= 11 is 0. The van der Waals surface area contributed by atoms with Crippen LogP contribution in [0.15, 0.2) is 18.2 Å². The highest BCUT2D eigenvalue weighted by atomic mass is 19.1. The molecule has 4 nitrogen and oxygen atoms in total. The first-order valence-corrected chi connectivity index (χ1v) is 4.99. The summed E-state index contributed by atoms with van der Waals surface area (Å²) in [6, 6.07) is 4.08. The number of aliphatic hydroxyl groups is 1. The fourth-order valence-electron chi connectivity index (χ4n) is 1.16. The SMILES string of the molecule is CC(CO)CNC(=O)c1cccc(F)c1N. The third-order valence-electron chi connectivity index (χ3n) is 2.22. The summed E-state index contributed by atoms with van der Waals surface area (Å²) in [5.41, 5.74) is 5.40. The van der Waals surface area contributed by atoms with E-state index in [-0.39, 0.29) is 23.8 Å². The topological polar surface area (TPSA) is 75.3 Å². The number of halogens is 1. The van der Waals surface area contributed by atoms with Crippen molar-refractivity contribution >= 4 is 11.6 Å². The third-order valence-corrected chi connectivity index (χ3v) is 2.22. The molecule has 0 aliphatic carbocycles. The summed E-state index contributed by atoms with van der Waals surface area (Å²) in [5, 5.41) is 11.4. The van der Waals surface area contributed by atoms with E-state index in [0.717, 1.165) is 0 Å². The number of amides is 1. The van der Waals surface area contributed by atoms with E-state index in [2.05, 4.69) is 5.32 Å². The molecule has 0 heterocycles. The van der Waals surface area contributed by atoms with Gasteiger partial charge < -0.3 is 16.2 Å². The molecule has 1 amide bonds. The van der Waals surface area contributed by atoms with Gasteiger partial charge in [0.05, 0.1) is 11.3 Å². The van der Waals surface area contributed by atoms with Gasteiger partial charge in [0.25, 0.3) is 5.91 Å². The van der Waals surface area contributed by atoms with Crippen LogP contribution in [0, 0.1) is 11.7 Å². The van der Waals surface area contributed by atoms with Gasteiger partial charge in [-0.25, -0.2) is 4.39 Å². The van der Waals surface area contributed by atoms with E-state index < -0.39 is 11.7 Å². The minimum Gasteiger partial charge on any atom is -0.396 e. The average Bonchev–Trinajstić information content (AvgIpc) is 2.29. The minimum atomic E-state index is -0.608. The summed E-state index contributed by atoms with van der Waals surface area (Å²) < 4.78 is 13.1. The van der Waals surface area contributed by atoms with E-state index in [1.165, 1.54) is 18.2 Å². The zero-order valence-corrected chi connectivity index (χ0v) is 9.03. The van der Waals surface area contributed by atoms with Crippen LogP contribution < -0.4 is 11.1 Å². The van der Waals surface area contributed by atoms with Gasteiger partial charge in [0.2, 0.25) is 0 Å². The Morgan fingerprint density at radius 2 is 2.31 bits per heavy atom. The van der Waals surface area contributed by atoms with Crippen LogP contribution in [0.3, 0.4) is 0 Å². The molecule has 0 fully saturated rings. The lowest BCUT2D eigenvalue weighted by molar-refractivity contribution is 0.0943. The Hall–Kier alpha value is -1.62. The molecule has 5 heteroatoms. The quantitative estimate of drug-likeness (QED) is 0.664. The molecule has 4 N–H and O–H groups in total. The maximum absolute atomic E-state index is 13.1. The highest BCUT2D eigenvalue weighted by Gasteiger charge is 2.12. The Labute approximate surface area is 93.3 Å². The van der Waals surface area contributed by atoms with Gasteiger partial charge in [0.15, 0.2) is 0 Å². The maximum Gasteiger partial charge on any atom is 0.253 e. The van der Waals surface area contributed by atoms with Crippen LogP contribution in [-0.2, 0) is 0 Å². The first-order valence-electron chi connectivity index (χ1n) is 4.99. The molecular weight excluding hydrogens is 211 g/mol. The Morgan fingerprint density at radius 3 is 2.94 bits per heavy atom. The van der Waals surface area contributed by atoms with E-state index in [4.69, 9.17) is 10.8 Å². The zero-order chi connectivity index (χ0) is 12.1. The summed E-state index contributed by atoms with van der Waals surface area (Å²) in [7, 11) is 0. The lowest BCUT2D eigenvalue weighted by atomic mass is 10.1. The normalized spacial score (nSPS) is 12.2. The van der Waals surface area contributed by atoms with E-state index in [1.54, 1.807) is 6.92 Å². The molecule has 0 aliphatic rings. The predicted octanol–water partition coefficient (Wildman–Crippen LogP) is 0.766. The first-order chi connectivity index (χ1) is 7.56. The van der Waals surface area contributed by atoms with Crippen molar-refractivity contribution in [2.45, 2.75) is 6.92 Å². The highest BCUT2D eigenvalue weighted by molar-refractivity contribution is 5.99. The number of aliphatic hydroxyl groups excluding tert-OH is 1. The molecule has 1 atom stereocenters. The molecule has 0 spiro atoms. The largest absolute Gasteiger partial charge is 0.396 e. The van der Waals surface area contributed by atoms with Gasteiger partial charge in [-0.1, -0.05) is 13.0 Å². The Balaban J connectivity index is 2.70. The van der Waals surface area contributed by atoms with Crippen molar-refractivity contribution in [1.29, 1.82) is 0 Å². The van der Waals surface area contributed by atoms with Crippen molar-refractivity contribution < 1.29 is 14.3 Å². The summed E-state index contributed by atoms with van der Waals surface area (Å²) in [6.45, 7) is 2.10. The van der Waals surface area contributed by atoms with Crippen LogP contribution in [-0.4, -0.2) is 24.2 Å². The second-order valence-corrected chi connectivity index (χ2v) is 3.70. The fraction of sp³-hybridized carbons (Fsp3) is 0.364. The summed E-state index contributed by atoms with van der Waals surface area (Å²) in [5.74, 6) is -1.08. The smallest absolute Gasteiger partial charge is 0.253 e. The first kappa shape index (κ1) is 12.4. The van der Waals surface area contributed by atoms with Gasteiger partial charge in [-0.3, -0.25) is 4.79 Å². The van der Waals surface area contributed by atoms with E-state index in [1.807, 2.05) is 0 Å². The zero-order valence-electron chi connectivity index (χ0n) is 9.03. The van der Waals surface area contributed by atoms with Crippen LogP contribution in [0.5, 0.6) is 0 Å². The van der Waals surface area contributed by atoms with Crippen molar-refractivity contribution in [2.75, 3.05) is 18.9 Å². The van der Waals surface area contributed by atoms with Crippen LogP contribution in [0.1, 0.15) is 17.3 Å². The van der Waals surface area contributed by atoms with Crippen LogP contribution >= 0.6 is 0 Å². The van der Waals surface area contributed by atoms with E-state index >= 15 is 0 Å². The molecular formula is C11H15FN2O2. The van der Waals surface area contributed by atoms with Gasteiger partial charge in [-0.05, 0) is 18.1 Å². The molecule has 0 aromatic heterocycles. The minimum absolute atomic E-state index is 0.0150. The van der Waals surface area contributed by atoms with Crippen molar-refractivity contribution in [3.8, 4) is 0 Å². The molecule has 0 bridgehead atoms. The second kappa shape index (κ2) is 5.46. The molecule has 0 saturated carbocycles. The summed E-state index contributed by atoms with van der Waals surface area (Å²) in [6.07, 6.45) is 0. The lowest BCUT2D eigenvalue weighted by Crippen LogP contribution is -2.30. The molecule has 1 aromatic carbocycles. The predicted molar refractivity (Wildman–Crippen MR) is 59.4 cm³/mol. The number of anilines is 1. The van der Waals surface area contributed by atoms with Crippen molar-refractivity contribution in [1.82, 2.24) is 5.32 Å². The third kappa shape index (κ3) is 2.93. The van der Waals surface area contributed by atoms with E-state index in [0.29, 0.717) is 6.54 Å². The number of benzene rings is 1. The Bertz CT molecular complexity index is 382. The number of nitrogens with two attached hydrogens (primary N) is 1. The molecule has 1 rings (SSSR count). The van der Waals surface area contributed by atoms with Crippen LogP contribution in [0.4, 0.5) is 10.1 Å². The molecule has 0 aliphatic heterocycles. The summed E-state index contributed by atoms with van der Waals surface area (Å²) in [4.78, 5) is 11.6. The van der Waals surface area contributed by atoms with Gasteiger partial charge in [0, 0.05) is 13.2 Å². The standard InChI is InChI=1S/C11H15FN2O2/c1-7(6-15)5-14-11(16)8-3-2-4-9(12)10(8)13/h2-4,7,15H,5-6,13H2,1H3,(H,14,16). The fourth-order valence-corrected chi connectivity index (χ4v) is 1.16. The number of hydrogen-bond donors (Lipinski definition) is 3. The van der Waals surface area contributed by atoms with Crippen LogP contribution in [0.25, 0.3) is 0 Å². The lowest BCUT2D eigenvalue weighted by Gasteiger charge is -2.11. The number of para-hydroxylation sites is 1. The Morgan fingerprint density at radius 1 is 1.62 bits per heavy atom. The molecule has 0 radical (unpaired) electrons. The number of nitrogens with one attached hydrogen (secondary N) is 1. The van der Waals surface area contributed by atoms with Crippen molar-refractivity contribution in [3.63, 3.8) is 0 Å². The molecule has 1 unspecified atom stereocenters. The van der Waals surface area contributed by atoms with Crippen molar-refractivity contribution in [2.24, 2.45) is 5.92 Å². The second-order valence-electron chi connectivity index (χ2n) is 3.70. The number of carbonyl (C=O) groups excluding carboxylic acids is 1. The monoisotopic (exact) mass is 226 g/mol. The van der Waals surface area contributed by atoms with Crippen LogP contribution in [0.2, 0.25) is 0 Å². The van der Waals surface area contributed by atoms with Gasteiger partial charge in [-0.2, -0.15) is 0 Å². The van der Waals surface area contributed by atoms with Gasteiger partial charge in [0.1, 0.15) is 5.82 Å². The average molecular weight is 226 g/mol. The number of nitrogen functional groups attached to an aromatic ring is 1. The van der Waals surface area contributed by atoms with Gasteiger partial charge in [-0.15, -0.1) is 0 Å². The van der Waals surface area contributed by atoms with E-state index in [9.17, 15) is 9.18 Å². The molecule has 16 heavy (non-hydrogen) atoms. The maximum atomic E-state index is 13.1. The molecule has 0 saturated heterocycles. The highest BCUT2D eigenvalue weighted by Crippen LogP contribution is 2.15. The van der Waals surface area contributed by atoms with Gasteiger partial charge >= 0.3 is 0 Å². The number of hydrogen-bond acceptors (Lipinski definition) is 3. The molecule has 1 aromatic rings. The molecule has 88 valence electrons. The van der Waals surface area contributed by atoms with Crippen molar-refractivity contribution in [3.05, 3.63) is 29.6 Å². The number of rotatable bonds is 4. The Kier molecular flexibility index (Phi) is 4.25.